The molecule has 3 aromatic rings. The molecule has 0 fully saturated rings. The maximum absolute atomic E-state index is 11.7. The lowest BCUT2D eigenvalue weighted by atomic mass is 9.94. The summed E-state index contributed by atoms with van der Waals surface area (Å²) in [6, 6.07) is 0.967. The van der Waals surface area contributed by atoms with Crippen LogP contribution in [0.25, 0.3) is 22.3 Å². The third-order valence-corrected chi connectivity index (χ3v) is 3.10. The summed E-state index contributed by atoms with van der Waals surface area (Å²) in [6.45, 7) is 0. The van der Waals surface area contributed by atoms with Crippen molar-refractivity contribution in [1.29, 1.82) is 0 Å². The molecule has 0 aliphatic carbocycles. The second kappa shape index (κ2) is 6.00. The number of nitro benzene ring substituents is 1. The normalized spacial score (nSPS) is 15.5. The fraction of sp³-hybridized carbons (Fsp3) is 0. The summed E-state index contributed by atoms with van der Waals surface area (Å²) in [5.74, 6) is 0. The third kappa shape index (κ3) is 2.71. The van der Waals surface area contributed by atoms with E-state index < -0.39 is 64.0 Å². The van der Waals surface area contributed by atoms with E-state index in [9.17, 15) is 10.1 Å². The van der Waals surface area contributed by atoms with Crippen LogP contribution < -0.4 is 0 Å². The molecule has 0 saturated heterocycles. The lowest BCUT2D eigenvalue weighted by Gasteiger charge is -2.10. The van der Waals surface area contributed by atoms with Crippen molar-refractivity contribution in [3.63, 3.8) is 0 Å². The highest BCUT2D eigenvalue weighted by molar-refractivity contribution is 6.31. The summed E-state index contributed by atoms with van der Waals surface area (Å²) in [6.07, 6.45) is 0. The van der Waals surface area contributed by atoms with Crippen LogP contribution in [0.1, 0.15) is 11.0 Å². The van der Waals surface area contributed by atoms with Crippen LogP contribution in [-0.4, -0.2) is 4.92 Å². The Morgan fingerprint density at radius 3 is 2.32 bits per heavy atom. The zero-order valence-electron chi connectivity index (χ0n) is 19.0. The molecule has 108 valence electrons. The Kier molecular flexibility index (Phi) is 2.06. The van der Waals surface area contributed by atoms with Crippen molar-refractivity contribution in [2.24, 2.45) is 0 Å². The second-order valence-corrected chi connectivity index (χ2v) is 4.59. The molecule has 0 aromatic heterocycles. The number of benzene rings is 3. The summed E-state index contributed by atoms with van der Waals surface area (Å²) in [5.41, 5.74) is -1.37. The van der Waals surface area contributed by atoms with Crippen LogP contribution in [0.15, 0.2) is 72.6 Å². The standard InChI is InChI=1S/C18H12ClNO2/c19-14-10-11-18(20(21)22)17(12-14)16-9-5-4-8-15(16)13-6-2-1-3-7-13/h1-12H/i1D,2D,3D,6D,7D,10D,11D,12D. The Labute approximate surface area is 144 Å². The molecular formula is C18H12ClNO2. The van der Waals surface area contributed by atoms with Gasteiger partial charge in [0.1, 0.15) is 0 Å². The molecule has 0 aliphatic heterocycles. The summed E-state index contributed by atoms with van der Waals surface area (Å²) >= 11 is 5.97. The van der Waals surface area contributed by atoms with E-state index in [1.54, 1.807) is 0 Å². The predicted molar refractivity (Wildman–Crippen MR) is 89.0 cm³/mol. The van der Waals surface area contributed by atoms with E-state index in [2.05, 4.69) is 0 Å². The molecule has 3 aromatic carbocycles. The Morgan fingerprint density at radius 1 is 0.955 bits per heavy atom. The molecule has 0 amide bonds. The van der Waals surface area contributed by atoms with Crippen molar-refractivity contribution in [2.75, 3.05) is 0 Å². The zero-order valence-corrected chi connectivity index (χ0v) is 11.7. The van der Waals surface area contributed by atoms with Crippen LogP contribution in [0.4, 0.5) is 5.69 Å². The number of rotatable bonds is 3. The van der Waals surface area contributed by atoms with Gasteiger partial charge in [0.15, 0.2) is 0 Å². The van der Waals surface area contributed by atoms with E-state index >= 15 is 0 Å². The van der Waals surface area contributed by atoms with Gasteiger partial charge >= 0.3 is 0 Å². The molecule has 0 N–H and O–H groups in total. The number of nitro groups is 1. The van der Waals surface area contributed by atoms with Crippen LogP contribution in [0.3, 0.4) is 0 Å². The van der Waals surface area contributed by atoms with Gasteiger partial charge in [0.2, 0.25) is 0 Å². The van der Waals surface area contributed by atoms with Crippen molar-refractivity contribution >= 4 is 17.3 Å². The molecule has 0 spiro atoms. The Bertz CT molecular complexity index is 1200. The van der Waals surface area contributed by atoms with Gasteiger partial charge in [-0.3, -0.25) is 10.1 Å². The van der Waals surface area contributed by atoms with Crippen molar-refractivity contribution in [3.05, 3.63) is 87.7 Å². The Balaban J connectivity index is 2.52. The lowest BCUT2D eigenvalue weighted by Crippen LogP contribution is -1.93. The summed E-state index contributed by atoms with van der Waals surface area (Å²) in [7, 11) is 0. The molecule has 0 aliphatic rings. The maximum Gasteiger partial charge on any atom is 0.277 e. The first-order chi connectivity index (χ1) is 14.0. The molecule has 22 heavy (non-hydrogen) atoms. The third-order valence-electron chi connectivity index (χ3n) is 2.91. The number of hydrogen-bond donors (Lipinski definition) is 0. The quantitative estimate of drug-likeness (QED) is 0.467. The summed E-state index contributed by atoms with van der Waals surface area (Å²) in [5, 5.41) is 11.2. The van der Waals surface area contributed by atoms with E-state index in [0.717, 1.165) is 0 Å². The fourth-order valence-electron chi connectivity index (χ4n) is 2.01. The minimum absolute atomic E-state index is 0.0110. The molecular weight excluding hydrogens is 298 g/mol. The monoisotopic (exact) mass is 317 g/mol. The van der Waals surface area contributed by atoms with Gasteiger partial charge in [-0.1, -0.05) is 66.1 Å². The maximum atomic E-state index is 11.7. The van der Waals surface area contributed by atoms with E-state index in [4.69, 9.17) is 22.6 Å². The van der Waals surface area contributed by atoms with E-state index in [0.29, 0.717) is 0 Å². The van der Waals surface area contributed by atoms with Gasteiger partial charge in [0.05, 0.1) is 21.5 Å². The number of hydrogen-bond acceptors (Lipinski definition) is 2. The molecule has 0 atom stereocenters. The molecule has 0 radical (unpaired) electrons. The van der Waals surface area contributed by atoms with Crippen molar-refractivity contribution in [3.8, 4) is 22.3 Å². The van der Waals surface area contributed by atoms with Crippen molar-refractivity contribution in [2.45, 2.75) is 0 Å². The highest BCUT2D eigenvalue weighted by Crippen LogP contribution is 2.38. The first-order valence-electron chi connectivity index (χ1n) is 10.1. The molecule has 0 heterocycles. The van der Waals surface area contributed by atoms with Gasteiger partial charge in [0, 0.05) is 11.1 Å². The van der Waals surface area contributed by atoms with Crippen LogP contribution in [0, 0.1) is 10.1 Å². The van der Waals surface area contributed by atoms with Crippen molar-refractivity contribution < 1.29 is 15.9 Å². The van der Waals surface area contributed by atoms with E-state index in [-0.39, 0.29) is 22.3 Å². The van der Waals surface area contributed by atoms with Gasteiger partial charge in [-0.2, -0.15) is 0 Å². The Morgan fingerprint density at radius 2 is 1.64 bits per heavy atom. The second-order valence-electron chi connectivity index (χ2n) is 4.22. The lowest BCUT2D eigenvalue weighted by molar-refractivity contribution is -0.384. The summed E-state index contributed by atoms with van der Waals surface area (Å²) < 4.78 is 63.9. The highest BCUT2D eigenvalue weighted by atomic mass is 35.5. The average Bonchev–Trinajstić information content (AvgIpc) is 2.72. The average molecular weight is 318 g/mol. The minimum atomic E-state index is -0.900. The summed E-state index contributed by atoms with van der Waals surface area (Å²) in [4.78, 5) is 10.8. The smallest absolute Gasteiger partial charge is 0.258 e. The van der Waals surface area contributed by atoms with Gasteiger partial charge in [-0.15, -0.1) is 0 Å². The highest BCUT2D eigenvalue weighted by Gasteiger charge is 2.18. The van der Waals surface area contributed by atoms with Gasteiger partial charge < -0.3 is 0 Å². The molecule has 0 bridgehead atoms. The number of halogens is 1. The van der Waals surface area contributed by atoms with Crippen molar-refractivity contribution in [1.82, 2.24) is 0 Å². The van der Waals surface area contributed by atoms with Gasteiger partial charge in [-0.05, 0) is 28.8 Å². The van der Waals surface area contributed by atoms with Crippen LogP contribution in [0.5, 0.6) is 0 Å². The zero-order chi connectivity index (χ0) is 22.5. The molecule has 0 saturated carbocycles. The number of nitrogens with zero attached hydrogens (tertiary/aromatic N) is 1. The first kappa shape index (κ1) is 7.56. The minimum Gasteiger partial charge on any atom is -0.258 e. The SMILES string of the molecule is [2H]c1c([2H])c([2H])c(-c2ccccc2-c2c([2H])c(Cl)c([2H])c([2H])c2[N+](=O)[O-])c([2H])c1[2H]. The topological polar surface area (TPSA) is 43.1 Å². The van der Waals surface area contributed by atoms with Gasteiger partial charge in [0.25, 0.3) is 5.69 Å². The fourth-order valence-corrected chi connectivity index (χ4v) is 2.15. The molecule has 3 nitrogen and oxygen atoms in total. The van der Waals surface area contributed by atoms with Crippen LogP contribution in [0.2, 0.25) is 5.02 Å². The largest absolute Gasteiger partial charge is 0.277 e. The first-order valence-corrected chi connectivity index (χ1v) is 6.48. The molecule has 4 heteroatoms. The van der Waals surface area contributed by atoms with Gasteiger partial charge in [-0.25, -0.2) is 0 Å². The van der Waals surface area contributed by atoms with Crippen LogP contribution >= 0.6 is 11.6 Å². The molecule has 3 rings (SSSR count). The predicted octanol–water partition coefficient (Wildman–Crippen LogP) is 5.58. The molecule has 0 unspecified atom stereocenters. The van der Waals surface area contributed by atoms with Crippen LogP contribution in [-0.2, 0) is 0 Å². The van der Waals surface area contributed by atoms with E-state index in [1.807, 2.05) is 0 Å². The Hall–Kier alpha value is -2.65. The van der Waals surface area contributed by atoms with E-state index in [1.165, 1.54) is 24.3 Å².